The summed E-state index contributed by atoms with van der Waals surface area (Å²) in [6.45, 7) is 4.26. The van der Waals surface area contributed by atoms with Crippen molar-refractivity contribution in [3.8, 4) is 0 Å². The SMILES string of the molecule is CC(C)N(CC(N)=S)C(=O)Cc1ccccc1. The molecule has 2 N–H and O–H groups in total. The summed E-state index contributed by atoms with van der Waals surface area (Å²) >= 11 is 4.86. The molecular weight excluding hydrogens is 232 g/mol. The average molecular weight is 250 g/mol. The molecule has 0 spiro atoms. The van der Waals surface area contributed by atoms with E-state index in [1.54, 1.807) is 4.90 Å². The largest absolute Gasteiger partial charge is 0.392 e. The Balaban J connectivity index is 2.69. The van der Waals surface area contributed by atoms with Crippen molar-refractivity contribution in [1.29, 1.82) is 0 Å². The normalized spacial score (nSPS) is 10.3. The highest BCUT2D eigenvalue weighted by molar-refractivity contribution is 7.80. The second-order valence-corrected chi connectivity index (χ2v) is 4.77. The molecule has 0 fully saturated rings. The van der Waals surface area contributed by atoms with Crippen molar-refractivity contribution in [3.63, 3.8) is 0 Å². The Morgan fingerprint density at radius 3 is 2.41 bits per heavy atom. The molecular formula is C13H18N2OS. The molecule has 0 bridgehead atoms. The van der Waals surface area contributed by atoms with Gasteiger partial charge in [0, 0.05) is 6.04 Å². The second kappa shape index (κ2) is 6.35. The van der Waals surface area contributed by atoms with Crippen LogP contribution in [0.5, 0.6) is 0 Å². The van der Waals surface area contributed by atoms with Gasteiger partial charge in [0.15, 0.2) is 0 Å². The van der Waals surface area contributed by atoms with Crippen molar-refractivity contribution in [2.45, 2.75) is 26.3 Å². The number of benzene rings is 1. The lowest BCUT2D eigenvalue weighted by molar-refractivity contribution is -0.131. The van der Waals surface area contributed by atoms with E-state index in [0.717, 1.165) is 5.56 Å². The number of hydrogen-bond acceptors (Lipinski definition) is 2. The van der Waals surface area contributed by atoms with Crippen molar-refractivity contribution in [2.75, 3.05) is 6.54 Å². The van der Waals surface area contributed by atoms with Gasteiger partial charge in [0.25, 0.3) is 0 Å². The molecule has 4 heteroatoms. The van der Waals surface area contributed by atoms with Crippen molar-refractivity contribution in [3.05, 3.63) is 35.9 Å². The van der Waals surface area contributed by atoms with E-state index in [1.165, 1.54) is 0 Å². The Kier molecular flexibility index (Phi) is 5.10. The molecule has 0 saturated carbocycles. The Morgan fingerprint density at radius 1 is 1.35 bits per heavy atom. The molecule has 3 nitrogen and oxygen atoms in total. The fourth-order valence-corrected chi connectivity index (χ4v) is 1.74. The van der Waals surface area contributed by atoms with Gasteiger partial charge in [0.1, 0.15) is 0 Å². The minimum atomic E-state index is 0.0546. The van der Waals surface area contributed by atoms with Gasteiger partial charge < -0.3 is 10.6 Å². The van der Waals surface area contributed by atoms with E-state index in [9.17, 15) is 4.79 Å². The van der Waals surface area contributed by atoms with Crippen LogP contribution in [0.3, 0.4) is 0 Å². The fourth-order valence-electron chi connectivity index (χ4n) is 1.60. The first kappa shape index (κ1) is 13.6. The zero-order valence-electron chi connectivity index (χ0n) is 10.2. The van der Waals surface area contributed by atoms with Gasteiger partial charge in [-0.2, -0.15) is 0 Å². The lowest BCUT2D eigenvalue weighted by Gasteiger charge is -2.26. The van der Waals surface area contributed by atoms with E-state index < -0.39 is 0 Å². The van der Waals surface area contributed by atoms with Gasteiger partial charge in [-0.15, -0.1) is 0 Å². The second-order valence-electron chi connectivity index (χ2n) is 4.24. The van der Waals surface area contributed by atoms with Gasteiger partial charge in [-0.25, -0.2) is 0 Å². The first-order valence-corrected chi connectivity index (χ1v) is 6.03. The maximum absolute atomic E-state index is 12.1. The molecule has 0 saturated heterocycles. The lowest BCUT2D eigenvalue weighted by Crippen LogP contribution is -2.42. The average Bonchev–Trinajstić information content (AvgIpc) is 2.26. The van der Waals surface area contributed by atoms with Crippen LogP contribution in [-0.2, 0) is 11.2 Å². The van der Waals surface area contributed by atoms with Crippen LogP contribution >= 0.6 is 12.2 Å². The third-order valence-electron chi connectivity index (χ3n) is 2.47. The minimum absolute atomic E-state index is 0.0546. The number of carbonyl (C=O) groups excluding carboxylic acids is 1. The van der Waals surface area contributed by atoms with E-state index in [4.69, 9.17) is 18.0 Å². The summed E-state index contributed by atoms with van der Waals surface area (Å²) < 4.78 is 0. The van der Waals surface area contributed by atoms with E-state index in [0.29, 0.717) is 18.0 Å². The minimum Gasteiger partial charge on any atom is -0.392 e. The van der Waals surface area contributed by atoms with Gasteiger partial charge in [-0.3, -0.25) is 4.79 Å². The molecule has 0 heterocycles. The Hall–Kier alpha value is -1.42. The molecule has 0 aromatic heterocycles. The number of thiocarbonyl (C=S) groups is 1. The molecule has 92 valence electrons. The maximum atomic E-state index is 12.1. The summed E-state index contributed by atoms with van der Waals surface area (Å²) in [7, 11) is 0. The predicted octanol–water partition coefficient (Wildman–Crippen LogP) is 1.75. The molecule has 0 aliphatic carbocycles. The van der Waals surface area contributed by atoms with E-state index >= 15 is 0 Å². The summed E-state index contributed by atoms with van der Waals surface area (Å²) in [5, 5.41) is 0. The highest BCUT2D eigenvalue weighted by atomic mass is 32.1. The van der Waals surface area contributed by atoms with Crippen molar-refractivity contribution >= 4 is 23.1 Å². The molecule has 0 aliphatic rings. The van der Waals surface area contributed by atoms with Gasteiger partial charge >= 0.3 is 0 Å². The Labute approximate surface area is 108 Å². The fraction of sp³-hybridized carbons (Fsp3) is 0.385. The van der Waals surface area contributed by atoms with Crippen LogP contribution in [0.2, 0.25) is 0 Å². The Morgan fingerprint density at radius 2 is 1.94 bits per heavy atom. The van der Waals surface area contributed by atoms with Crippen LogP contribution < -0.4 is 5.73 Å². The number of carbonyl (C=O) groups is 1. The molecule has 1 rings (SSSR count). The number of hydrogen-bond donors (Lipinski definition) is 1. The first-order chi connectivity index (χ1) is 8.00. The van der Waals surface area contributed by atoms with Crippen LogP contribution in [0.25, 0.3) is 0 Å². The first-order valence-electron chi connectivity index (χ1n) is 5.62. The summed E-state index contributed by atoms with van der Waals surface area (Å²) in [6.07, 6.45) is 0.391. The predicted molar refractivity (Wildman–Crippen MR) is 73.8 cm³/mol. The summed E-state index contributed by atoms with van der Waals surface area (Å²) in [5.74, 6) is 0.0546. The van der Waals surface area contributed by atoms with Crippen molar-refractivity contribution < 1.29 is 4.79 Å². The van der Waals surface area contributed by atoms with E-state index in [2.05, 4.69) is 0 Å². The van der Waals surface area contributed by atoms with Gasteiger partial charge in [0.05, 0.1) is 18.0 Å². The number of rotatable bonds is 5. The summed E-state index contributed by atoms with van der Waals surface area (Å²) in [5.41, 5.74) is 6.51. The van der Waals surface area contributed by atoms with Gasteiger partial charge in [-0.1, -0.05) is 42.5 Å². The van der Waals surface area contributed by atoms with Crippen molar-refractivity contribution in [2.24, 2.45) is 5.73 Å². The Bertz CT molecular complexity index is 390. The zero-order valence-corrected chi connectivity index (χ0v) is 11.0. The maximum Gasteiger partial charge on any atom is 0.227 e. The highest BCUT2D eigenvalue weighted by Crippen LogP contribution is 2.06. The molecule has 1 amide bonds. The van der Waals surface area contributed by atoms with E-state index in [1.807, 2.05) is 44.2 Å². The topological polar surface area (TPSA) is 46.3 Å². The van der Waals surface area contributed by atoms with Crippen LogP contribution in [0.4, 0.5) is 0 Å². The van der Waals surface area contributed by atoms with Crippen LogP contribution in [0, 0.1) is 0 Å². The number of amides is 1. The van der Waals surface area contributed by atoms with Crippen LogP contribution in [0.1, 0.15) is 19.4 Å². The highest BCUT2D eigenvalue weighted by Gasteiger charge is 2.17. The zero-order chi connectivity index (χ0) is 12.8. The molecule has 0 unspecified atom stereocenters. The van der Waals surface area contributed by atoms with Gasteiger partial charge in [0.2, 0.25) is 5.91 Å². The van der Waals surface area contributed by atoms with Gasteiger partial charge in [-0.05, 0) is 19.4 Å². The third-order valence-corrected chi connectivity index (χ3v) is 2.60. The molecule has 0 aliphatic heterocycles. The quantitative estimate of drug-likeness (QED) is 0.810. The van der Waals surface area contributed by atoms with Crippen LogP contribution in [0.15, 0.2) is 30.3 Å². The third kappa shape index (κ3) is 4.53. The lowest BCUT2D eigenvalue weighted by atomic mass is 10.1. The number of nitrogens with two attached hydrogens (primary N) is 1. The summed E-state index contributed by atoms with van der Waals surface area (Å²) in [6, 6.07) is 9.77. The molecule has 0 radical (unpaired) electrons. The molecule has 17 heavy (non-hydrogen) atoms. The molecule has 0 atom stereocenters. The summed E-state index contributed by atoms with van der Waals surface area (Å²) in [4.78, 5) is 14.2. The number of nitrogens with zero attached hydrogens (tertiary/aromatic N) is 1. The standard InChI is InChI=1S/C13H18N2OS/c1-10(2)15(9-12(14)17)13(16)8-11-6-4-3-5-7-11/h3-7,10H,8-9H2,1-2H3,(H2,14,17). The van der Waals surface area contributed by atoms with Crippen LogP contribution in [-0.4, -0.2) is 28.4 Å². The molecule has 1 aromatic carbocycles. The van der Waals surface area contributed by atoms with E-state index in [-0.39, 0.29) is 11.9 Å². The molecule has 1 aromatic rings. The smallest absolute Gasteiger partial charge is 0.227 e. The van der Waals surface area contributed by atoms with Crippen molar-refractivity contribution in [1.82, 2.24) is 4.90 Å². The monoisotopic (exact) mass is 250 g/mol.